The molecule has 2 aliphatic heterocycles. The molecule has 226 valence electrons. The zero-order valence-electron chi connectivity index (χ0n) is 25.2. The van der Waals surface area contributed by atoms with E-state index in [9.17, 15) is 29.4 Å². The highest BCUT2D eigenvalue weighted by atomic mass is 16.4. The number of aromatic amines is 2. The number of H-pyrrole nitrogens is 2. The van der Waals surface area contributed by atoms with Gasteiger partial charge in [0.15, 0.2) is 0 Å². The molecule has 43 heavy (non-hydrogen) atoms. The highest BCUT2D eigenvalue weighted by molar-refractivity contribution is 6.29. The molecule has 5 N–H and O–H groups in total. The van der Waals surface area contributed by atoms with Crippen molar-refractivity contribution in [2.45, 2.75) is 72.8 Å². The maximum absolute atomic E-state index is 12.4. The molecule has 0 unspecified atom stereocenters. The van der Waals surface area contributed by atoms with Gasteiger partial charge in [-0.25, -0.2) is 4.99 Å². The number of nitrogens with zero attached hydrogens (tertiary/aromatic N) is 1. The predicted octanol–water partition coefficient (Wildman–Crippen LogP) is 2.71. The van der Waals surface area contributed by atoms with Gasteiger partial charge in [-0.15, -0.1) is 0 Å². The Hall–Kier alpha value is -4.73. The van der Waals surface area contributed by atoms with Crippen LogP contribution >= 0.6 is 0 Å². The predicted molar refractivity (Wildman–Crippen MR) is 164 cm³/mol. The molecule has 2 aliphatic rings. The van der Waals surface area contributed by atoms with Crippen molar-refractivity contribution >= 4 is 41.6 Å². The maximum atomic E-state index is 12.4. The molecule has 0 saturated heterocycles. The van der Waals surface area contributed by atoms with Crippen LogP contribution in [0.25, 0.3) is 12.2 Å². The van der Waals surface area contributed by atoms with Gasteiger partial charge in [0, 0.05) is 46.9 Å². The highest BCUT2D eigenvalue weighted by Gasteiger charge is 2.29. The Morgan fingerprint density at radius 3 is 2.19 bits per heavy atom. The van der Waals surface area contributed by atoms with Gasteiger partial charge in [-0.05, 0) is 93.0 Å². The minimum Gasteiger partial charge on any atom is -0.481 e. The largest absolute Gasteiger partial charge is 0.481 e. The first-order valence-corrected chi connectivity index (χ1v) is 14.3. The van der Waals surface area contributed by atoms with Crippen LogP contribution in [0.3, 0.4) is 0 Å². The molecule has 0 aromatic carbocycles. The smallest absolute Gasteiger partial charge is 0.303 e. The summed E-state index contributed by atoms with van der Waals surface area (Å²) in [5.74, 6) is -2.54. The Balaban J connectivity index is 1.86. The molecule has 10 nitrogen and oxygen atoms in total. The minimum absolute atomic E-state index is 0.0640. The van der Waals surface area contributed by atoms with Gasteiger partial charge in [0.25, 0.3) is 11.8 Å². The Bertz CT molecular complexity index is 1750. The molecule has 2 amide bonds. The molecule has 2 aromatic rings. The normalized spacial score (nSPS) is 20.4. The minimum atomic E-state index is -0.922. The average Bonchev–Trinajstić information content (AvgIpc) is 3.59. The second kappa shape index (κ2) is 12.6. The number of amides is 2. The first-order valence-electron chi connectivity index (χ1n) is 14.3. The molecule has 4 rings (SSSR count). The number of hydrogen-bond donors (Lipinski definition) is 5. The Labute approximate surface area is 249 Å². The molecular formula is C33H38N4O6. The van der Waals surface area contributed by atoms with Crippen LogP contribution in [0.2, 0.25) is 0 Å². The van der Waals surface area contributed by atoms with Gasteiger partial charge >= 0.3 is 11.9 Å². The zero-order chi connectivity index (χ0) is 31.6. The fourth-order valence-electron chi connectivity index (χ4n) is 5.90. The summed E-state index contributed by atoms with van der Waals surface area (Å²) in [6, 6.07) is -0.226. The number of aliphatic imine (C=N–C) groups is 1. The van der Waals surface area contributed by atoms with E-state index in [1.807, 2.05) is 52.8 Å². The summed E-state index contributed by atoms with van der Waals surface area (Å²) in [5, 5.41) is 23.3. The van der Waals surface area contributed by atoms with Gasteiger partial charge in [-0.3, -0.25) is 19.2 Å². The van der Waals surface area contributed by atoms with E-state index >= 15 is 0 Å². The molecule has 0 aliphatic carbocycles. The van der Waals surface area contributed by atoms with Crippen LogP contribution in [0.15, 0.2) is 40.4 Å². The summed E-state index contributed by atoms with van der Waals surface area (Å²) >= 11 is 0. The van der Waals surface area contributed by atoms with Crippen molar-refractivity contribution in [2.24, 2.45) is 10.9 Å². The third-order valence-electron chi connectivity index (χ3n) is 8.50. The molecule has 0 fully saturated rings. The lowest BCUT2D eigenvalue weighted by atomic mass is 9.98. The van der Waals surface area contributed by atoms with E-state index in [2.05, 4.69) is 26.9 Å². The summed E-state index contributed by atoms with van der Waals surface area (Å²) in [6.45, 7) is 13.2. The van der Waals surface area contributed by atoms with E-state index in [4.69, 9.17) is 0 Å². The maximum Gasteiger partial charge on any atom is 0.303 e. The first-order chi connectivity index (χ1) is 20.4. The van der Waals surface area contributed by atoms with Gasteiger partial charge in [0.05, 0.1) is 17.7 Å². The summed E-state index contributed by atoms with van der Waals surface area (Å²) in [7, 11) is 0. The summed E-state index contributed by atoms with van der Waals surface area (Å²) in [6.07, 6.45) is 8.05. The van der Waals surface area contributed by atoms with E-state index in [0.29, 0.717) is 34.1 Å². The van der Waals surface area contributed by atoms with Crippen LogP contribution in [0.4, 0.5) is 0 Å². The number of carboxylic acid groups (broad SMARTS) is 2. The number of carbonyl (C=O) groups excluding carboxylic acids is 2. The molecule has 10 heteroatoms. The van der Waals surface area contributed by atoms with Crippen molar-refractivity contribution in [1.82, 2.24) is 15.3 Å². The number of carboxylic acids is 2. The molecular weight excluding hydrogens is 548 g/mol. The molecule has 0 radical (unpaired) electrons. The zero-order valence-corrected chi connectivity index (χ0v) is 25.2. The number of aliphatic carboxylic acids is 2. The van der Waals surface area contributed by atoms with Gasteiger partial charge in [-0.2, -0.15) is 0 Å². The molecule has 2 aromatic heterocycles. The SMILES string of the molecule is C=CC1=C(C)[C@@H](Cc2[nH]c(/C=c3\[nH]/c(=C\C4=NC(=O)[C@H](C)/C4=C\C)c(C)c3CCC(=O)O)c(CCC(=O)O)c2C)NC1=O. The molecule has 0 spiro atoms. The number of allylic oxidation sites excluding steroid dienone is 1. The number of hydrogen-bond acceptors (Lipinski definition) is 4. The topological polar surface area (TPSA) is 165 Å². The molecule has 2 atom stereocenters. The lowest BCUT2D eigenvalue weighted by molar-refractivity contribution is -0.138. The second-order valence-corrected chi connectivity index (χ2v) is 11.1. The van der Waals surface area contributed by atoms with Crippen LogP contribution in [-0.2, 0) is 38.4 Å². The van der Waals surface area contributed by atoms with E-state index in [1.54, 1.807) is 6.08 Å². The van der Waals surface area contributed by atoms with Crippen LogP contribution in [0.1, 0.15) is 67.3 Å². The van der Waals surface area contributed by atoms with Crippen LogP contribution < -0.4 is 16.0 Å². The van der Waals surface area contributed by atoms with Crippen molar-refractivity contribution < 1.29 is 29.4 Å². The van der Waals surface area contributed by atoms with E-state index in [0.717, 1.165) is 39.1 Å². The Morgan fingerprint density at radius 2 is 1.60 bits per heavy atom. The van der Waals surface area contributed by atoms with Crippen molar-refractivity contribution in [1.29, 1.82) is 0 Å². The summed E-state index contributed by atoms with van der Waals surface area (Å²) < 4.78 is 0. The molecule has 0 bridgehead atoms. The fraction of sp³-hybridized carbons (Fsp3) is 0.364. The highest BCUT2D eigenvalue weighted by Crippen LogP contribution is 2.27. The van der Waals surface area contributed by atoms with Crippen molar-refractivity contribution in [2.75, 3.05) is 0 Å². The van der Waals surface area contributed by atoms with Crippen LogP contribution in [0.5, 0.6) is 0 Å². The third-order valence-corrected chi connectivity index (χ3v) is 8.50. The average molecular weight is 587 g/mol. The first kappa shape index (κ1) is 31.2. The second-order valence-electron chi connectivity index (χ2n) is 11.1. The van der Waals surface area contributed by atoms with Gasteiger partial charge < -0.3 is 25.5 Å². The van der Waals surface area contributed by atoms with Crippen LogP contribution in [-0.4, -0.2) is 55.7 Å². The number of nitrogens with one attached hydrogen (secondary N) is 3. The quantitative estimate of drug-likeness (QED) is 0.272. The van der Waals surface area contributed by atoms with Crippen molar-refractivity contribution in [3.05, 3.63) is 79.8 Å². The Kier molecular flexibility index (Phi) is 9.18. The number of rotatable bonds is 11. The van der Waals surface area contributed by atoms with Crippen LogP contribution in [0, 0.1) is 19.8 Å². The molecule has 0 saturated carbocycles. The Morgan fingerprint density at radius 1 is 0.953 bits per heavy atom. The number of aromatic nitrogens is 2. The third kappa shape index (κ3) is 6.38. The standard InChI is InChI=1S/C33H38N4O6/c1-7-20-19(6)32(42)37-27(20)14-25-18(5)23(10-12-31(40)41)29(35-25)15-28-22(9-11-30(38)39)17(4)24(34-28)13-26-16(3)21(8-2)33(43)36-26/h7-8,14-15,19,26,34-35H,2,9-13H2,1,3-6H3,(H,36,43)(H,38,39)(H,40,41)/b20-7+,25-14-,29-15-/t19-,26-/m1/s1. The van der Waals surface area contributed by atoms with E-state index in [-0.39, 0.29) is 49.5 Å². The van der Waals surface area contributed by atoms with Gasteiger partial charge in [0.2, 0.25) is 0 Å². The lowest BCUT2D eigenvalue weighted by Crippen LogP contribution is -2.30. The monoisotopic (exact) mass is 586 g/mol. The molecule has 4 heterocycles. The van der Waals surface area contributed by atoms with E-state index < -0.39 is 11.9 Å². The van der Waals surface area contributed by atoms with E-state index in [1.165, 1.54) is 0 Å². The van der Waals surface area contributed by atoms with Gasteiger partial charge in [-0.1, -0.05) is 18.7 Å². The van der Waals surface area contributed by atoms with Gasteiger partial charge in [0.1, 0.15) is 0 Å². The summed E-state index contributed by atoms with van der Waals surface area (Å²) in [5.41, 5.74) is 7.85. The number of carbonyl (C=O) groups is 4. The lowest BCUT2D eigenvalue weighted by Gasteiger charge is -2.12. The van der Waals surface area contributed by atoms with Crippen molar-refractivity contribution in [3.8, 4) is 0 Å². The fourth-order valence-corrected chi connectivity index (χ4v) is 5.90. The summed E-state index contributed by atoms with van der Waals surface area (Å²) in [4.78, 5) is 58.8. The van der Waals surface area contributed by atoms with Crippen molar-refractivity contribution in [3.63, 3.8) is 0 Å².